The number of carbonyl (C=O) groups is 1. The van der Waals surface area contributed by atoms with E-state index in [2.05, 4.69) is 0 Å². The Kier molecular flexibility index (Phi) is 10.7. The van der Waals surface area contributed by atoms with E-state index in [0.717, 1.165) is 11.8 Å². The van der Waals surface area contributed by atoms with Crippen molar-refractivity contribution in [3.63, 3.8) is 0 Å². The molecule has 5 heteroatoms. The fourth-order valence-corrected chi connectivity index (χ4v) is 1.45. The van der Waals surface area contributed by atoms with Crippen LogP contribution < -0.4 is 0 Å². The molecule has 0 N–H and O–H groups in total. The number of hydrogen-bond donors (Lipinski definition) is 0. The lowest BCUT2D eigenvalue weighted by Crippen LogP contribution is -2.12. The maximum absolute atomic E-state index is 9.96. The molecule has 20 heavy (non-hydrogen) atoms. The van der Waals surface area contributed by atoms with E-state index in [1.54, 1.807) is 0 Å². The Bertz CT molecular complexity index is 328. The summed E-state index contributed by atoms with van der Waals surface area (Å²) in [6.45, 7) is 3.80. The van der Waals surface area contributed by atoms with Gasteiger partial charge in [0, 0.05) is 0 Å². The fourth-order valence-electron chi connectivity index (χ4n) is 1.45. The minimum Gasteiger partial charge on any atom is -0.377 e. The van der Waals surface area contributed by atoms with Crippen molar-refractivity contribution in [1.29, 1.82) is 0 Å². The third-order valence-corrected chi connectivity index (χ3v) is 2.41. The zero-order valence-electron chi connectivity index (χ0n) is 11.7. The third-order valence-electron chi connectivity index (χ3n) is 2.41. The Labute approximate surface area is 119 Å². The molecule has 0 spiro atoms. The Morgan fingerprint density at radius 1 is 0.750 bits per heavy atom. The Morgan fingerprint density at radius 2 is 1.30 bits per heavy atom. The molecule has 0 heterocycles. The molecule has 0 atom stereocenters. The van der Waals surface area contributed by atoms with Gasteiger partial charge in [-0.3, -0.25) is 0 Å². The minimum absolute atomic E-state index is 0.124. The van der Waals surface area contributed by atoms with Gasteiger partial charge >= 0.3 is 0 Å². The summed E-state index contributed by atoms with van der Waals surface area (Å²) in [5.41, 5.74) is 1.16. The second-order valence-corrected chi connectivity index (χ2v) is 4.00. The summed E-state index contributed by atoms with van der Waals surface area (Å²) in [5, 5.41) is 0. The van der Waals surface area contributed by atoms with Crippen molar-refractivity contribution in [1.82, 2.24) is 0 Å². The molecule has 0 aromatic heterocycles. The van der Waals surface area contributed by atoms with Gasteiger partial charge in [0.1, 0.15) is 12.9 Å². The van der Waals surface area contributed by atoms with Crippen LogP contribution in [-0.4, -0.2) is 52.5 Å². The number of aldehydes is 1. The predicted molar refractivity (Wildman–Crippen MR) is 74.6 cm³/mol. The predicted octanol–water partition coefficient (Wildman–Crippen LogP) is 1.45. The molecule has 112 valence electrons. The SMILES string of the molecule is O=CCOCCOCCOCCOCc1ccccc1. The quantitative estimate of drug-likeness (QED) is 0.405. The maximum Gasteiger partial charge on any atom is 0.145 e. The van der Waals surface area contributed by atoms with E-state index in [4.69, 9.17) is 18.9 Å². The number of hydrogen-bond acceptors (Lipinski definition) is 5. The highest BCUT2D eigenvalue weighted by molar-refractivity contribution is 5.50. The van der Waals surface area contributed by atoms with Gasteiger partial charge in [-0.1, -0.05) is 30.3 Å². The molecule has 0 saturated carbocycles. The zero-order chi connectivity index (χ0) is 14.3. The van der Waals surface area contributed by atoms with E-state index in [-0.39, 0.29) is 6.61 Å². The van der Waals surface area contributed by atoms with Crippen LogP contribution in [0.3, 0.4) is 0 Å². The van der Waals surface area contributed by atoms with Gasteiger partial charge in [-0.25, -0.2) is 0 Å². The van der Waals surface area contributed by atoms with Gasteiger partial charge in [-0.2, -0.15) is 0 Å². The minimum atomic E-state index is 0.124. The normalized spacial score (nSPS) is 10.6. The van der Waals surface area contributed by atoms with Crippen molar-refractivity contribution in [2.75, 3.05) is 46.2 Å². The first kappa shape index (κ1) is 16.8. The second-order valence-electron chi connectivity index (χ2n) is 4.00. The molecule has 0 fully saturated rings. The first-order valence-electron chi connectivity index (χ1n) is 6.72. The number of carbonyl (C=O) groups excluding carboxylic acids is 1. The summed E-state index contributed by atoms with van der Waals surface area (Å²) >= 11 is 0. The van der Waals surface area contributed by atoms with Crippen molar-refractivity contribution in [2.24, 2.45) is 0 Å². The van der Waals surface area contributed by atoms with Gasteiger partial charge in [-0.05, 0) is 5.56 Å². The van der Waals surface area contributed by atoms with Gasteiger partial charge in [0.05, 0.1) is 46.2 Å². The van der Waals surface area contributed by atoms with Crippen LogP contribution in [0.5, 0.6) is 0 Å². The lowest BCUT2D eigenvalue weighted by molar-refractivity contribution is -0.112. The number of ether oxygens (including phenoxy) is 4. The van der Waals surface area contributed by atoms with Crippen LogP contribution in [0.4, 0.5) is 0 Å². The van der Waals surface area contributed by atoms with Gasteiger partial charge in [-0.15, -0.1) is 0 Å². The molecule has 1 aromatic carbocycles. The summed E-state index contributed by atoms with van der Waals surface area (Å²) < 4.78 is 21.0. The van der Waals surface area contributed by atoms with Crippen LogP contribution in [0.15, 0.2) is 30.3 Å². The lowest BCUT2D eigenvalue weighted by Gasteiger charge is -2.07. The highest BCUT2D eigenvalue weighted by Gasteiger charge is 1.93. The van der Waals surface area contributed by atoms with Crippen molar-refractivity contribution >= 4 is 6.29 Å². The summed E-state index contributed by atoms with van der Waals surface area (Å²) in [6, 6.07) is 10.0. The number of benzene rings is 1. The molecule has 0 saturated heterocycles. The van der Waals surface area contributed by atoms with Crippen LogP contribution in [0.1, 0.15) is 5.56 Å². The Hall–Kier alpha value is -1.27. The summed E-state index contributed by atoms with van der Waals surface area (Å²) in [7, 11) is 0. The van der Waals surface area contributed by atoms with Crippen molar-refractivity contribution < 1.29 is 23.7 Å². The first-order valence-corrected chi connectivity index (χ1v) is 6.72. The zero-order valence-corrected chi connectivity index (χ0v) is 11.7. The molecule has 0 amide bonds. The number of rotatable bonds is 13. The molecule has 5 nitrogen and oxygen atoms in total. The monoisotopic (exact) mass is 282 g/mol. The molecule has 0 bridgehead atoms. The van der Waals surface area contributed by atoms with Crippen LogP contribution in [0.25, 0.3) is 0 Å². The highest BCUT2D eigenvalue weighted by Crippen LogP contribution is 1.99. The van der Waals surface area contributed by atoms with E-state index < -0.39 is 0 Å². The van der Waals surface area contributed by atoms with Gasteiger partial charge in [0.2, 0.25) is 0 Å². The summed E-state index contributed by atoms with van der Waals surface area (Å²) in [6.07, 6.45) is 0.721. The Balaban J connectivity index is 1.78. The van der Waals surface area contributed by atoms with E-state index in [1.165, 1.54) is 0 Å². The molecule has 0 aliphatic heterocycles. The lowest BCUT2D eigenvalue weighted by atomic mass is 10.2. The van der Waals surface area contributed by atoms with Crippen molar-refractivity contribution in [3.8, 4) is 0 Å². The first-order chi connectivity index (χ1) is 9.93. The van der Waals surface area contributed by atoms with Gasteiger partial charge in [0.15, 0.2) is 0 Å². The molecule has 1 rings (SSSR count). The molecule has 0 aliphatic rings. The van der Waals surface area contributed by atoms with Crippen molar-refractivity contribution in [3.05, 3.63) is 35.9 Å². The molecular formula is C15H22O5. The molecule has 0 unspecified atom stereocenters. The van der Waals surface area contributed by atoms with E-state index >= 15 is 0 Å². The molecule has 0 radical (unpaired) electrons. The smallest absolute Gasteiger partial charge is 0.145 e. The second kappa shape index (κ2) is 12.7. The van der Waals surface area contributed by atoms with Gasteiger partial charge < -0.3 is 23.7 Å². The Morgan fingerprint density at radius 3 is 1.90 bits per heavy atom. The van der Waals surface area contributed by atoms with E-state index in [1.807, 2.05) is 30.3 Å². The van der Waals surface area contributed by atoms with E-state index in [9.17, 15) is 4.79 Å². The molecule has 0 aliphatic carbocycles. The molecular weight excluding hydrogens is 260 g/mol. The van der Waals surface area contributed by atoms with E-state index in [0.29, 0.717) is 46.2 Å². The van der Waals surface area contributed by atoms with Gasteiger partial charge in [0.25, 0.3) is 0 Å². The highest BCUT2D eigenvalue weighted by atomic mass is 16.6. The summed E-state index contributed by atoms with van der Waals surface area (Å²) in [4.78, 5) is 9.96. The average molecular weight is 282 g/mol. The third kappa shape index (κ3) is 9.63. The summed E-state index contributed by atoms with van der Waals surface area (Å²) in [5.74, 6) is 0. The fraction of sp³-hybridized carbons (Fsp3) is 0.533. The average Bonchev–Trinajstić information content (AvgIpc) is 2.49. The van der Waals surface area contributed by atoms with Crippen molar-refractivity contribution in [2.45, 2.75) is 6.61 Å². The van der Waals surface area contributed by atoms with Crippen LogP contribution in [-0.2, 0) is 30.3 Å². The van der Waals surface area contributed by atoms with Crippen LogP contribution in [0, 0.1) is 0 Å². The maximum atomic E-state index is 9.96. The topological polar surface area (TPSA) is 54.0 Å². The largest absolute Gasteiger partial charge is 0.377 e. The van der Waals surface area contributed by atoms with Crippen LogP contribution >= 0.6 is 0 Å². The van der Waals surface area contributed by atoms with Crippen LogP contribution in [0.2, 0.25) is 0 Å². The standard InChI is InChI=1S/C15H22O5/c16-6-7-17-8-9-18-10-11-19-12-13-20-14-15-4-2-1-3-5-15/h1-6H,7-14H2. The molecule has 1 aromatic rings.